The molecule has 0 aliphatic rings. The highest BCUT2D eigenvalue weighted by atomic mass is 28.4. The molecule has 0 saturated carbocycles. The van der Waals surface area contributed by atoms with Crippen LogP contribution < -0.4 is 10.6 Å². The maximum absolute atomic E-state index is 11.5. The Morgan fingerprint density at radius 2 is 1.88 bits per heavy atom. The van der Waals surface area contributed by atoms with Gasteiger partial charge in [0.25, 0.3) is 0 Å². The first-order valence-corrected chi connectivity index (χ1v) is 9.12. The Bertz CT molecular complexity index is 349. The van der Waals surface area contributed by atoms with Crippen LogP contribution in [0.3, 0.4) is 0 Å². The number of urea groups is 1. The predicted octanol–water partition coefficient (Wildman–Crippen LogP) is 2.66. The average Bonchev–Trinajstić information content (AvgIpc) is 2.25. The Morgan fingerprint density at radius 1 is 1.24 bits per heavy atom. The van der Waals surface area contributed by atoms with Crippen molar-refractivity contribution in [1.29, 1.82) is 0 Å². The molecule has 0 aliphatic heterocycles. The molecule has 0 heterocycles. The summed E-state index contributed by atoms with van der Waals surface area (Å²) in [7, 11) is -1.48. The molecule has 94 valence electrons. The molecule has 17 heavy (non-hydrogen) atoms. The molecule has 0 radical (unpaired) electrons. The number of amides is 2. The van der Waals surface area contributed by atoms with E-state index in [4.69, 9.17) is 4.43 Å². The lowest BCUT2D eigenvalue weighted by molar-refractivity contribution is 0.246. The summed E-state index contributed by atoms with van der Waals surface area (Å²) >= 11 is 0. The van der Waals surface area contributed by atoms with Gasteiger partial charge in [-0.3, -0.25) is 0 Å². The third kappa shape index (κ3) is 6.75. The Balaban J connectivity index is 2.18. The van der Waals surface area contributed by atoms with Crippen LogP contribution in [0, 0.1) is 0 Å². The maximum atomic E-state index is 11.5. The molecule has 5 heteroatoms. The fraction of sp³-hybridized carbons (Fsp3) is 0.417. The standard InChI is InChI=1S/C12H20N2O2Si/c1-17(2,3)16-10-9-13-12(15)14-11-7-5-4-6-8-11/h4-8H,9-10H2,1-3H3,(H2,13,14,15). The van der Waals surface area contributed by atoms with Crippen molar-refractivity contribution in [2.24, 2.45) is 0 Å². The third-order valence-corrected chi connectivity index (χ3v) is 3.02. The van der Waals surface area contributed by atoms with E-state index in [1.54, 1.807) is 0 Å². The molecule has 0 atom stereocenters. The zero-order valence-electron chi connectivity index (χ0n) is 10.6. The fourth-order valence-corrected chi connectivity index (χ4v) is 1.93. The van der Waals surface area contributed by atoms with Crippen molar-refractivity contribution >= 4 is 20.0 Å². The van der Waals surface area contributed by atoms with E-state index >= 15 is 0 Å². The summed E-state index contributed by atoms with van der Waals surface area (Å²) in [6, 6.07) is 9.16. The van der Waals surface area contributed by atoms with E-state index in [0.29, 0.717) is 13.2 Å². The first kappa shape index (κ1) is 13.7. The minimum atomic E-state index is -1.48. The molecule has 2 N–H and O–H groups in total. The van der Waals surface area contributed by atoms with E-state index in [0.717, 1.165) is 5.69 Å². The van der Waals surface area contributed by atoms with Crippen molar-refractivity contribution in [3.63, 3.8) is 0 Å². The quantitative estimate of drug-likeness (QED) is 0.625. The van der Waals surface area contributed by atoms with Crippen molar-refractivity contribution < 1.29 is 9.22 Å². The summed E-state index contributed by atoms with van der Waals surface area (Å²) in [5, 5.41) is 5.50. The van der Waals surface area contributed by atoms with Gasteiger partial charge in [-0.25, -0.2) is 4.79 Å². The zero-order chi connectivity index (χ0) is 12.7. The summed E-state index contributed by atoms with van der Waals surface area (Å²) in [6.45, 7) is 7.46. The monoisotopic (exact) mass is 252 g/mol. The van der Waals surface area contributed by atoms with Crippen LogP contribution in [0.15, 0.2) is 30.3 Å². The van der Waals surface area contributed by atoms with Gasteiger partial charge in [0.05, 0.1) is 6.61 Å². The van der Waals surface area contributed by atoms with E-state index in [-0.39, 0.29) is 6.03 Å². The van der Waals surface area contributed by atoms with Gasteiger partial charge in [0.2, 0.25) is 0 Å². The predicted molar refractivity (Wildman–Crippen MR) is 72.8 cm³/mol. The summed E-state index contributed by atoms with van der Waals surface area (Å²) < 4.78 is 5.63. The minimum absolute atomic E-state index is 0.199. The summed E-state index contributed by atoms with van der Waals surface area (Å²) in [4.78, 5) is 11.5. The second-order valence-corrected chi connectivity index (χ2v) is 9.22. The molecule has 0 saturated heterocycles. The number of carbonyl (C=O) groups excluding carboxylic acids is 1. The summed E-state index contributed by atoms with van der Waals surface area (Å²) in [6.07, 6.45) is 0. The van der Waals surface area contributed by atoms with Crippen LogP contribution in [0.1, 0.15) is 0 Å². The number of para-hydroxylation sites is 1. The molecule has 1 rings (SSSR count). The smallest absolute Gasteiger partial charge is 0.319 e. The summed E-state index contributed by atoms with van der Waals surface area (Å²) in [5.74, 6) is 0. The van der Waals surface area contributed by atoms with Crippen molar-refractivity contribution in [2.75, 3.05) is 18.5 Å². The minimum Gasteiger partial charge on any atom is -0.416 e. The first-order chi connectivity index (χ1) is 7.97. The molecule has 1 aromatic carbocycles. The Hall–Kier alpha value is -1.33. The van der Waals surface area contributed by atoms with Crippen molar-refractivity contribution in [3.05, 3.63) is 30.3 Å². The van der Waals surface area contributed by atoms with Gasteiger partial charge in [-0.1, -0.05) is 18.2 Å². The van der Waals surface area contributed by atoms with Gasteiger partial charge in [0.15, 0.2) is 8.32 Å². The summed E-state index contributed by atoms with van der Waals surface area (Å²) in [5.41, 5.74) is 0.788. The normalized spacial score (nSPS) is 11.0. The van der Waals surface area contributed by atoms with E-state index in [1.165, 1.54) is 0 Å². The number of hydrogen-bond donors (Lipinski definition) is 2. The van der Waals surface area contributed by atoms with Crippen LogP contribution in [0.5, 0.6) is 0 Å². The second kappa shape index (κ2) is 6.41. The molecular formula is C12H20N2O2Si. The molecule has 1 aromatic rings. The number of benzene rings is 1. The van der Waals surface area contributed by atoms with Gasteiger partial charge in [-0.2, -0.15) is 0 Å². The molecule has 2 amide bonds. The molecular weight excluding hydrogens is 232 g/mol. The Labute approximate surface area is 104 Å². The van der Waals surface area contributed by atoms with Crippen LogP contribution in [-0.4, -0.2) is 27.5 Å². The van der Waals surface area contributed by atoms with Gasteiger partial charge < -0.3 is 15.1 Å². The second-order valence-electron chi connectivity index (χ2n) is 4.71. The highest BCUT2D eigenvalue weighted by Crippen LogP contribution is 2.04. The van der Waals surface area contributed by atoms with Crippen LogP contribution >= 0.6 is 0 Å². The van der Waals surface area contributed by atoms with E-state index in [9.17, 15) is 4.79 Å². The van der Waals surface area contributed by atoms with Gasteiger partial charge in [-0.05, 0) is 31.8 Å². The largest absolute Gasteiger partial charge is 0.416 e. The van der Waals surface area contributed by atoms with Crippen molar-refractivity contribution in [2.45, 2.75) is 19.6 Å². The van der Waals surface area contributed by atoms with Crippen LogP contribution in [0.2, 0.25) is 19.6 Å². The number of hydrogen-bond acceptors (Lipinski definition) is 2. The molecule has 4 nitrogen and oxygen atoms in total. The van der Waals surface area contributed by atoms with E-state index < -0.39 is 8.32 Å². The molecule has 0 fully saturated rings. The van der Waals surface area contributed by atoms with E-state index in [2.05, 4.69) is 30.3 Å². The third-order valence-electron chi connectivity index (χ3n) is 1.95. The lowest BCUT2D eigenvalue weighted by Gasteiger charge is -2.17. The lowest BCUT2D eigenvalue weighted by Crippen LogP contribution is -2.35. The van der Waals surface area contributed by atoms with Crippen molar-refractivity contribution in [1.82, 2.24) is 5.32 Å². The number of anilines is 1. The SMILES string of the molecule is C[Si](C)(C)OCCNC(=O)Nc1ccccc1. The Morgan fingerprint density at radius 3 is 2.47 bits per heavy atom. The zero-order valence-corrected chi connectivity index (χ0v) is 11.6. The van der Waals surface area contributed by atoms with Gasteiger partial charge >= 0.3 is 6.03 Å². The van der Waals surface area contributed by atoms with Gasteiger partial charge in [-0.15, -0.1) is 0 Å². The van der Waals surface area contributed by atoms with Crippen molar-refractivity contribution in [3.8, 4) is 0 Å². The topological polar surface area (TPSA) is 50.4 Å². The first-order valence-electron chi connectivity index (χ1n) is 5.71. The number of rotatable bonds is 5. The molecule has 0 aliphatic carbocycles. The molecule has 0 bridgehead atoms. The van der Waals surface area contributed by atoms with Crippen LogP contribution in [-0.2, 0) is 4.43 Å². The highest BCUT2D eigenvalue weighted by Gasteiger charge is 2.13. The van der Waals surface area contributed by atoms with Crippen LogP contribution in [0.25, 0.3) is 0 Å². The molecule has 0 unspecified atom stereocenters. The lowest BCUT2D eigenvalue weighted by atomic mass is 10.3. The molecule has 0 aromatic heterocycles. The molecule has 0 spiro atoms. The van der Waals surface area contributed by atoms with E-state index in [1.807, 2.05) is 30.3 Å². The fourth-order valence-electron chi connectivity index (χ4n) is 1.22. The number of carbonyl (C=O) groups is 1. The number of nitrogens with one attached hydrogen (secondary N) is 2. The highest BCUT2D eigenvalue weighted by molar-refractivity contribution is 6.69. The van der Waals surface area contributed by atoms with Crippen LogP contribution in [0.4, 0.5) is 10.5 Å². The maximum Gasteiger partial charge on any atom is 0.319 e. The van der Waals surface area contributed by atoms with Gasteiger partial charge in [0.1, 0.15) is 0 Å². The average molecular weight is 252 g/mol. The Kier molecular flexibility index (Phi) is 5.18. The van der Waals surface area contributed by atoms with Gasteiger partial charge in [0, 0.05) is 12.2 Å².